The zero-order valence-electron chi connectivity index (χ0n) is 14.5. The molecule has 22 heavy (non-hydrogen) atoms. The van der Waals surface area contributed by atoms with Crippen LogP contribution >= 0.6 is 0 Å². The van der Waals surface area contributed by atoms with E-state index in [0.717, 1.165) is 30.3 Å². The Hall–Kier alpha value is -0.800. The summed E-state index contributed by atoms with van der Waals surface area (Å²) >= 11 is 0. The summed E-state index contributed by atoms with van der Waals surface area (Å²) in [6.45, 7) is 12.5. The van der Waals surface area contributed by atoms with E-state index in [1.165, 1.54) is 5.56 Å². The molecular weight excluding hydrogens is 292 g/mol. The van der Waals surface area contributed by atoms with Gasteiger partial charge in [-0.2, -0.15) is 0 Å². The van der Waals surface area contributed by atoms with Gasteiger partial charge in [0.2, 0.25) is 5.78 Å². The molecule has 0 N–H and O–H groups in total. The van der Waals surface area contributed by atoms with Crippen molar-refractivity contribution in [2.24, 2.45) is 5.41 Å². The third-order valence-corrected chi connectivity index (χ3v) is 7.17. The average Bonchev–Trinajstić information content (AvgIpc) is 2.47. The van der Waals surface area contributed by atoms with Crippen LogP contribution in [0, 0.1) is 5.41 Å². The number of hydrogen-bond donors (Lipinski definition) is 0. The van der Waals surface area contributed by atoms with E-state index in [0.29, 0.717) is 11.7 Å². The second kappa shape index (κ2) is 7.18. The van der Waals surface area contributed by atoms with Gasteiger partial charge in [-0.3, -0.25) is 4.79 Å². The number of hydrogen-bond acceptors (Lipinski definition) is 2. The molecule has 1 heterocycles. The lowest BCUT2D eigenvalue weighted by Gasteiger charge is -2.31. The topological polar surface area (TPSA) is 26.3 Å². The fraction of sp³-hybridized carbons (Fsp3) is 0.632. The Balaban J connectivity index is 2.24. The molecule has 1 aliphatic heterocycles. The summed E-state index contributed by atoms with van der Waals surface area (Å²) in [7, 11) is 0.129. The van der Waals surface area contributed by atoms with E-state index >= 15 is 0 Å². The van der Waals surface area contributed by atoms with E-state index in [9.17, 15) is 4.79 Å². The summed E-state index contributed by atoms with van der Waals surface area (Å²) in [5.74, 6) is 2.86. The maximum atomic E-state index is 13.1. The zero-order valence-corrected chi connectivity index (χ0v) is 15.3. The molecule has 0 saturated carbocycles. The van der Waals surface area contributed by atoms with Gasteiger partial charge in [-0.15, -0.1) is 0 Å². The van der Waals surface area contributed by atoms with E-state index < -0.39 is 0 Å². The number of Topliss-reactive ketones (excluding diaryl/α,β-unsaturated/α-hetero) is 1. The van der Waals surface area contributed by atoms with Gasteiger partial charge in [0, 0.05) is 21.9 Å². The van der Waals surface area contributed by atoms with Crippen molar-refractivity contribution in [3.05, 3.63) is 35.4 Å². The van der Waals surface area contributed by atoms with Crippen LogP contribution in [0.1, 0.15) is 56.5 Å². The molecule has 1 saturated heterocycles. The van der Waals surface area contributed by atoms with Crippen LogP contribution in [-0.4, -0.2) is 35.8 Å². The van der Waals surface area contributed by atoms with Gasteiger partial charge in [-0.25, -0.2) is 0 Å². The highest BCUT2D eigenvalue weighted by Crippen LogP contribution is 2.32. The Morgan fingerprint density at radius 2 is 1.64 bits per heavy atom. The number of carbonyl (C=O) groups excluding carboxylic acids is 1. The van der Waals surface area contributed by atoms with Gasteiger partial charge in [0.15, 0.2) is 5.25 Å². The molecule has 122 valence electrons. The summed E-state index contributed by atoms with van der Waals surface area (Å²) in [4.78, 5) is 13.1. The van der Waals surface area contributed by atoms with Crippen molar-refractivity contribution in [3.63, 3.8) is 0 Å². The minimum atomic E-state index is -0.00570. The number of benzene rings is 1. The van der Waals surface area contributed by atoms with Gasteiger partial charge in [0.25, 0.3) is 0 Å². The lowest BCUT2D eigenvalue weighted by Crippen LogP contribution is -2.47. The summed E-state index contributed by atoms with van der Waals surface area (Å²) in [5, 5.41) is 0.0984. The van der Waals surface area contributed by atoms with Crippen LogP contribution in [-0.2, 0) is 15.6 Å². The van der Waals surface area contributed by atoms with Gasteiger partial charge < -0.3 is 4.74 Å². The monoisotopic (exact) mass is 321 g/mol. The van der Waals surface area contributed by atoms with E-state index in [1.807, 2.05) is 12.1 Å². The van der Waals surface area contributed by atoms with Crippen molar-refractivity contribution in [2.75, 3.05) is 24.7 Å². The van der Waals surface area contributed by atoms with E-state index in [-0.39, 0.29) is 21.6 Å². The predicted molar refractivity (Wildman–Crippen MR) is 96.0 cm³/mol. The summed E-state index contributed by atoms with van der Waals surface area (Å²) in [5.41, 5.74) is 2.15. The number of ketones is 1. The van der Waals surface area contributed by atoms with Crippen LogP contribution in [0.15, 0.2) is 24.3 Å². The third-order valence-electron chi connectivity index (χ3n) is 4.20. The Morgan fingerprint density at radius 1 is 1.09 bits per heavy atom. The van der Waals surface area contributed by atoms with Gasteiger partial charge in [0.1, 0.15) is 11.5 Å². The molecule has 2 rings (SSSR count). The maximum absolute atomic E-state index is 13.1. The van der Waals surface area contributed by atoms with E-state index in [4.69, 9.17) is 4.74 Å². The van der Waals surface area contributed by atoms with Crippen molar-refractivity contribution in [2.45, 2.75) is 45.8 Å². The molecule has 2 nitrogen and oxygen atoms in total. The minimum absolute atomic E-state index is 0.00570. The summed E-state index contributed by atoms with van der Waals surface area (Å²) in [6, 6.07) is 8.23. The first-order valence-corrected chi connectivity index (χ1v) is 9.81. The first kappa shape index (κ1) is 17.6. The molecule has 1 aromatic rings. The van der Waals surface area contributed by atoms with Crippen molar-refractivity contribution in [3.8, 4) is 0 Å². The average molecular weight is 322 g/mol. The Labute approximate surface area is 138 Å². The second-order valence-electron chi connectivity index (χ2n) is 7.45. The lowest BCUT2D eigenvalue weighted by molar-refractivity contribution is 0.0946. The molecule has 0 aromatic heterocycles. The van der Waals surface area contributed by atoms with Crippen LogP contribution in [0.4, 0.5) is 0 Å². The van der Waals surface area contributed by atoms with Crippen molar-refractivity contribution in [1.29, 1.82) is 0 Å². The van der Waals surface area contributed by atoms with Crippen LogP contribution < -0.4 is 0 Å². The quantitative estimate of drug-likeness (QED) is 0.617. The summed E-state index contributed by atoms with van der Waals surface area (Å²) in [6.07, 6.45) is 0. The van der Waals surface area contributed by atoms with Crippen molar-refractivity contribution >= 4 is 16.7 Å². The molecule has 0 amide bonds. The molecule has 0 radical (unpaired) electrons. The fourth-order valence-electron chi connectivity index (χ4n) is 3.00. The minimum Gasteiger partial charge on any atom is -0.372 e. The standard InChI is InChI=1S/C19H29O2S/c1-14(2)15-6-8-16(9-7-15)17(20)18(19(3,4)5)22-12-10-21-11-13-22/h6-9,14,18H,10-13H2,1-5H3/q+1. The number of carbonyl (C=O) groups is 1. The number of rotatable bonds is 4. The Kier molecular flexibility index (Phi) is 5.73. The molecule has 0 spiro atoms. The fourth-order valence-corrected chi connectivity index (χ4v) is 5.78. The molecule has 0 aliphatic carbocycles. The maximum Gasteiger partial charge on any atom is 0.215 e. The highest BCUT2D eigenvalue weighted by Gasteiger charge is 2.46. The first-order chi connectivity index (χ1) is 10.3. The number of ether oxygens (including phenoxy) is 1. The highest BCUT2D eigenvalue weighted by molar-refractivity contribution is 7.98. The predicted octanol–water partition coefficient (Wildman–Crippen LogP) is 4.06. The molecule has 1 atom stereocenters. The zero-order chi connectivity index (χ0) is 16.3. The Bertz CT molecular complexity index is 493. The summed E-state index contributed by atoms with van der Waals surface area (Å²) < 4.78 is 5.49. The van der Waals surface area contributed by atoms with Crippen molar-refractivity contribution in [1.82, 2.24) is 0 Å². The molecular formula is C19H29O2S+. The first-order valence-electron chi connectivity index (χ1n) is 8.19. The largest absolute Gasteiger partial charge is 0.372 e. The molecule has 1 aliphatic rings. The molecule has 3 heteroatoms. The van der Waals surface area contributed by atoms with Gasteiger partial charge in [-0.1, -0.05) is 58.9 Å². The van der Waals surface area contributed by atoms with Crippen LogP contribution in [0.3, 0.4) is 0 Å². The van der Waals surface area contributed by atoms with Crippen molar-refractivity contribution < 1.29 is 9.53 Å². The second-order valence-corrected chi connectivity index (χ2v) is 9.81. The highest BCUT2D eigenvalue weighted by atomic mass is 32.2. The lowest BCUT2D eigenvalue weighted by atomic mass is 9.86. The molecule has 1 unspecified atom stereocenters. The smallest absolute Gasteiger partial charge is 0.215 e. The SMILES string of the molecule is CC(C)c1ccc(C(=O)C([S+]2CCOCC2)C(C)(C)C)cc1. The van der Waals surface area contributed by atoms with Crippen LogP contribution in [0.5, 0.6) is 0 Å². The normalized spacial score (nSPS) is 18.5. The third kappa shape index (κ3) is 4.14. The van der Waals surface area contributed by atoms with Gasteiger partial charge in [-0.05, 0) is 11.5 Å². The van der Waals surface area contributed by atoms with E-state index in [2.05, 4.69) is 46.8 Å². The van der Waals surface area contributed by atoms with Gasteiger partial charge in [0.05, 0.1) is 13.2 Å². The van der Waals surface area contributed by atoms with E-state index in [1.54, 1.807) is 0 Å². The van der Waals surface area contributed by atoms with Gasteiger partial charge >= 0.3 is 0 Å². The van der Waals surface area contributed by atoms with Crippen LogP contribution in [0.25, 0.3) is 0 Å². The Morgan fingerprint density at radius 3 is 2.09 bits per heavy atom. The molecule has 1 aromatic carbocycles. The van der Waals surface area contributed by atoms with Crippen LogP contribution in [0.2, 0.25) is 0 Å². The molecule has 0 bridgehead atoms. The molecule has 1 fully saturated rings.